The first-order valence-electron chi connectivity index (χ1n) is 7.17. The molecule has 0 saturated heterocycles. The van der Waals surface area contributed by atoms with Gasteiger partial charge in [-0.15, -0.1) is 11.8 Å². The second-order valence-electron chi connectivity index (χ2n) is 5.09. The quantitative estimate of drug-likeness (QED) is 0.632. The number of anilines is 1. The molecular formula is C16H23N3S. The van der Waals surface area contributed by atoms with Crippen molar-refractivity contribution in [2.45, 2.75) is 50.3 Å². The Kier molecular flexibility index (Phi) is 5.12. The molecule has 1 aromatic heterocycles. The third-order valence-corrected chi connectivity index (χ3v) is 4.64. The van der Waals surface area contributed by atoms with E-state index >= 15 is 0 Å². The molecule has 0 spiro atoms. The lowest BCUT2D eigenvalue weighted by molar-refractivity contribution is 0.426. The fourth-order valence-corrected chi connectivity index (χ4v) is 3.12. The van der Waals surface area contributed by atoms with Crippen molar-refractivity contribution in [2.24, 2.45) is 0 Å². The number of thioether (sulfide) groups is 1. The second kappa shape index (κ2) is 6.84. The lowest BCUT2D eigenvalue weighted by Crippen LogP contribution is -2.07. The summed E-state index contributed by atoms with van der Waals surface area (Å²) in [6.07, 6.45) is 4.33. The monoisotopic (exact) mass is 289 g/mol. The summed E-state index contributed by atoms with van der Waals surface area (Å²) in [5.41, 5.74) is 9.20. The minimum Gasteiger partial charge on any atom is -0.398 e. The van der Waals surface area contributed by atoms with Crippen LogP contribution in [-0.2, 0) is 5.75 Å². The van der Waals surface area contributed by atoms with Crippen LogP contribution < -0.4 is 5.73 Å². The van der Waals surface area contributed by atoms with Crippen LogP contribution in [0, 0.1) is 6.92 Å². The Balaban J connectivity index is 2.00. The Bertz CT molecular complexity index is 559. The molecule has 0 unspecified atom stereocenters. The van der Waals surface area contributed by atoms with Crippen molar-refractivity contribution in [2.75, 3.05) is 5.73 Å². The van der Waals surface area contributed by atoms with Crippen LogP contribution in [0.1, 0.15) is 44.0 Å². The summed E-state index contributed by atoms with van der Waals surface area (Å²) in [5.74, 6) is 0.862. The van der Waals surface area contributed by atoms with Crippen molar-refractivity contribution >= 4 is 17.4 Å². The molecule has 0 aliphatic rings. The van der Waals surface area contributed by atoms with Gasteiger partial charge in [0.05, 0.1) is 11.7 Å². The molecule has 1 heterocycles. The van der Waals surface area contributed by atoms with E-state index < -0.39 is 0 Å². The number of benzene rings is 1. The maximum absolute atomic E-state index is 6.04. The fourth-order valence-electron chi connectivity index (χ4n) is 2.27. The van der Waals surface area contributed by atoms with E-state index in [-0.39, 0.29) is 0 Å². The third kappa shape index (κ3) is 3.57. The van der Waals surface area contributed by atoms with Crippen LogP contribution in [-0.4, -0.2) is 9.78 Å². The molecule has 1 aromatic carbocycles. The fraction of sp³-hybridized carbons (Fsp3) is 0.438. The van der Waals surface area contributed by atoms with Gasteiger partial charge in [-0.1, -0.05) is 19.9 Å². The van der Waals surface area contributed by atoms with Crippen LogP contribution in [0.2, 0.25) is 0 Å². The minimum absolute atomic E-state index is 0.512. The number of aromatic nitrogens is 2. The molecule has 0 radical (unpaired) electrons. The lowest BCUT2D eigenvalue weighted by Gasteiger charge is -2.12. The summed E-state index contributed by atoms with van der Waals surface area (Å²) < 4.78 is 2.09. The maximum atomic E-state index is 6.04. The SMILES string of the molecule is CCC(CC)n1ccc(CSc2ccc(C)cc2N)n1. The van der Waals surface area contributed by atoms with Crippen LogP contribution in [0.15, 0.2) is 35.4 Å². The summed E-state index contributed by atoms with van der Waals surface area (Å²) in [6, 6.07) is 8.83. The molecule has 0 saturated carbocycles. The van der Waals surface area contributed by atoms with Crippen molar-refractivity contribution in [3.05, 3.63) is 41.7 Å². The van der Waals surface area contributed by atoms with Crippen LogP contribution in [0.25, 0.3) is 0 Å². The number of rotatable bonds is 6. The zero-order valence-corrected chi connectivity index (χ0v) is 13.3. The zero-order chi connectivity index (χ0) is 14.5. The Morgan fingerprint density at radius 1 is 1.25 bits per heavy atom. The number of hydrogen-bond acceptors (Lipinski definition) is 3. The first kappa shape index (κ1) is 15.0. The number of hydrogen-bond donors (Lipinski definition) is 1. The molecule has 3 nitrogen and oxygen atoms in total. The maximum Gasteiger partial charge on any atom is 0.0727 e. The molecule has 2 aromatic rings. The lowest BCUT2D eigenvalue weighted by atomic mass is 10.2. The molecule has 0 aliphatic heterocycles. The summed E-state index contributed by atoms with van der Waals surface area (Å²) in [7, 11) is 0. The molecule has 4 heteroatoms. The minimum atomic E-state index is 0.512. The number of nitrogens with zero attached hydrogens (tertiary/aromatic N) is 2. The molecule has 108 valence electrons. The van der Waals surface area contributed by atoms with Gasteiger partial charge in [-0.25, -0.2) is 0 Å². The van der Waals surface area contributed by atoms with Gasteiger partial charge in [0.2, 0.25) is 0 Å². The largest absolute Gasteiger partial charge is 0.398 e. The predicted molar refractivity (Wildman–Crippen MR) is 87.0 cm³/mol. The van der Waals surface area contributed by atoms with Gasteiger partial charge in [-0.2, -0.15) is 5.10 Å². The summed E-state index contributed by atoms with van der Waals surface area (Å²) in [6.45, 7) is 6.47. The zero-order valence-electron chi connectivity index (χ0n) is 12.5. The Labute approximate surface area is 125 Å². The van der Waals surface area contributed by atoms with Gasteiger partial charge >= 0.3 is 0 Å². The highest BCUT2D eigenvalue weighted by molar-refractivity contribution is 7.98. The standard InChI is InChI=1S/C16H23N3S/c1-4-14(5-2)19-9-8-13(18-19)11-20-16-7-6-12(3)10-15(16)17/h6-10,14H,4-5,11,17H2,1-3H3. The highest BCUT2D eigenvalue weighted by Gasteiger charge is 2.08. The second-order valence-corrected chi connectivity index (χ2v) is 6.10. The van der Waals surface area contributed by atoms with E-state index in [1.165, 1.54) is 5.56 Å². The van der Waals surface area contributed by atoms with Crippen LogP contribution >= 0.6 is 11.8 Å². The molecule has 0 bridgehead atoms. The third-order valence-electron chi connectivity index (χ3n) is 3.52. The smallest absolute Gasteiger partial charge is 0.0727 e. The van der Waals surface area contributed by atoms with E-state index in [2.05, 4.69) is 54.9 Å². The van der Waals surface area contributed by atoms with Gasteiger partial charge in [0.25, 0.3) is 0 Å². The highest BCUT2D eigenvalue weighted by atomic mass is 32.2. The van der Waals surface area contributed by atoms with Crippen molar-refractivity contribution in [3.63, 3.8) is 0 Å². The van der Waals surface area contributed by atoms with E-state index in [9.17, 15) is 0 Å². The van der Waals surface area contributed by atoms with Gasteiger partial charge < -0.3 is 5.73 Å². The van der Waals surface area contributed by atoms with Gasteiger partial charge in [0.15, 0.2) is 0 Å². The first-order chi connectivity index (χ1) is 9.63. The van der Waals surface area contributed by atoms with Crippen molar-refractivity contribution in [1.82, 2.24) is 9.78 Å². The molecular weight excluding hydrogens is 266 g/mol. The molecule has 20 heavy (non-hydrogen) atoms. The molecule has 0 aliphatic carbocycles. The molecule has 2 N–H and O–H groups in total. The summed E-state index contributed by atoms with van der Waals surface area (Å²) in [4.78, 5) is 1.13. The average Bonchev–Trinajstić information content (AvgIpc) is 2.88. The first-order valence-corrected chi connectivity index (χ1v) is 8.15. The van der Waals surface area contributed by atoms with Gasteiger partial charge in [0.1, 0.15) is 0 Å². The van der Waals surface area contributed by atoms with Crippen LogP contribution in [0.5, 0.6) is 0 Å². The Morgan fingerprint density at radius 2 is 2.00 bits per heavy atom. The van der Waals surface area contributed by atoms with Gasteiger partial charge in [0, 0.05) is 22.5 Å². The predicted octanol–water partition coefficient (Wildman–Crippen LogP) is 4.43. The Morgan fingerprint density at radius 3 is 2.65 bits per heavy atom. The highest BCUT2D eigenvalue weighted by Crippen LogP contribution is 2.28. The van der Waals surface area contributed by atoms with Gasteiger partial charge in [-0.3, -0.25) is 4.68 Å². The van der Waals surface area contributed by atoms with Crippen molar-refractivity contribution < 1.29 is 0 Å². The summed E-state index contributed by atoms with van der Waals surface area (Å²) >= 11 is 1.75. The number of nitrogens with two attached hydrogens (primary N) is 1. The van der Waals surface area contributed by atoms with Gasteiger partial charge in [-0.05, 0) is 43.5 Å². The van der Waals surface area contributed by atoms with Crippen molar-refractivity contribution in [3.8, 4) is 0 Å². The van der Waals surface area contributed by atoms with E-state index in [1.54, 1.807) is 11.8 Å². The van der Waals surface area contributed by atoms with E-state index in [0.717, 1.165) is 34.9 Å². The molecule has 0 atom stereocenters. The van der Waals surface area contributed by atoms with Crippen LogP contribution in [0.4, 0.5) is 5.69 Å². The van der Waals surface area contributed by atoms with Crippen LogP contribution in [0.3, 0.4) is 0 Å². The Hall–Kier alpha value is -1.42. The molecule has 0 fully saturated rings. The normalized spacial score (nSPS) is 11.2. The topological polar surface area (TPSA) is 43.8 Å². The average molecular weight is 289 g/mol. The van der Waals surface area contributed by atoms with E-state index in [1.807, 2.05) is 6.07 Å². The summed E-state index contributed by atoms with van der Waals surface area (Å²) in [5, 5.41) is 4.67. The molecule has 0 amide bonds. The number of aryl methyl sites for hydroxylation is 1. The molecule has 2 rings (SSSR count). The van der Waals surface area contributed by atoms with Crippen molar-refractivity contribution in [1.29, 1.82) is 0 Å². The van der Waals surface area contributed by atoms with E-state index in [0.29, 0.717) is 6.04 Å². The number of nitrogen functional groups attached to an aromatic ring is 1. The van der Waals surface area contributed by atoms with E-state index in [4.69, 9.17) is 5.73 Å².